The van der Waals surface area contributed by atoms with Gasteiger partial charge in [0.1, 0.15) is 12.6 Å². The number of alkyl carbamates (subject to hydrolysis) is 1. The second-order valence-electron chi connectivity index (χ2n) is 3.68. The van der Waals surface area contributed by atoms with Gasteiger partial charge in [0, 0.05) is 7.11 Å². The average Bonchev–Trinajstić information content (AvgIpc) is 2.37. The van der Waals surface area contributed by atoms with E-state index >= 15 is 0 Å². The maximum atomic E-state index is 11.4. The molecule has 0 aliphatic heterocycles. The largest absolute Gasteiger partial charge is 0.445 e. The molecule has 6 nitrogen and oxygen atoms in total. The van der Waals surface area contributed by atoms with E-state index in [0.717, 1.165) is 5.56 Å². The molecule has 1 rings (SSSR count). The van der Waals surface area contributed by atoms with Gasteiger partial charge in [-0.25, -0.2) is 4.79 Å². The molecule has 1 atom stereocenters. The van der Waals surface area contributed by atoms with Crippen molar-refractivity contribution >= 4 is 6.09 Å². The van der Waals surface area contributed by atoms with Crippen LogP contribution in [0, 0.1) is 0 Å². The van der Waals surface area contributed by atoms with Gasteiger partial charge < -0.3 is 25.0 Å². The average molecular weight is 255 g/mol. The number of methoxy groups -OCH3 is 1. The molecule has 6 heteroatoms. The Bertz CT molecular complexity index is 355. The van der Waals surface area contributed by atoms with Crippen LogP contribution in [0.15, 0.2) is 30.3 Å². The molecule has 0 saturated carbocycles. The smallest absolute Gasteiger partial charge is 0.407 e. The van der Waals surface area contributed by atoms with Crippen LogP contribution in [0.5, 0.6) is 0 Å². The van der Waals surface area contributed by atoms with E-state index in [1.165, 1.54) is 7.11 Å². The minimum Gasteiger partial charge on any atom is -0.445 e. The van der Waals surface area contributed by atoms with Gasteiger partial charge in [0.15, 0.2) is 6.29 Å². The molecule has 1 aromatic carbocycles. The molecule has 3 N–H and O–H groups in total. The third-order valence-electron chi connectivity index (χ3n) is 2.22. The van der Waals surface area contributed by atoms with Gasteiger partial charge in [-0.2, -0.15) is 0 Å². The number of ether oxygens (including phenoxy) is 2. The molecule has 1 aromatic rings. The monoisotopic (exact) mass is 255 g/mol. The lowest BCUT2D eigenvalue weighted by Crippen LogP contribution is -2.46. The lowest BCUT2D eigenvalue weighted by molar-refractivity contribution is -0.0806. The zero-order chi connectivity index (χ0) is 13.4. The summed E-state index contributed by atoms with van der Waals surface area (Å²) in [6.07, 6.45) is -2.43. The van der Waals surface area contributed by atoms with Crippen molar-refractivity contribution in [2.24, 2.45) is 0 Å². The normalized spacial score (nSPS) is 12.2. The Labute approximate surface area is 105 Å². The van der Waals surface area contributed by atoms with Crippen molar-refractivity contribution < 1.29 is 24.5 Å². The lowest BCUT2D eigenvalue weighted by atomic mass is 10.2. The summed E-state index contributed by atoms with van der Waals surface area (Å²) in [6.45, 7) is 0.103. The molecule has 0 radical (unpaired) electrons. The predicted octanol–water partition coefficient (Wildman–Crippen LogP) is 0.238. The van der Waals surface area contributed by atoms with E-state index in [0.29, 0.717) is 0 Å². The standard InChI is InChI=1S/C12H17NO5/c1-17-8-10(11(14)15)13-12(16)18-7-9-5-3-2-4-6-9/h2-6,10-11,14-15H,7-8H2,1H3,(H,13,16)/t10-/m1/s1. The van der Waals surface area contributed by atoms with E-state index in [1.54, 1.807) is 0 Å². The van der Waals surface area contributed by atoms with Gasteiger partial charge in [-0.1, -0.05) is 30.3 Å². The minimum absolute atomic E-state index is 0.0158. The van der Waals surface area contributed by atoms with E-state index in [-0.39, 0.29) is 13.2 Å². The fraction of sp³-hybridized carbons (Fsp3) is 0.417. The fourth-order valence-electron chi connectivity index (χ4n) is 1.30. The van der Waals surface area contributed by atoms with Gasteiger partial charge in [-0.15, -0.1) is 0 Å². The molecular formula is C12H17NO5. The van der Waals surface area contributed by atoms with Crippen LogP contribution in [-0.4, -0.2) is 42.4 Å². The highest BCUT2D eigenvalue weighted by Gasteiger charge is 2.19. The number of hydrogen-bond acceptors (Lipinski definition) is 5. The number of aliphatic hydroxyl groups is 2. The van der Waals surface area contributed by atoms with Crippen molar-refractivity contribution in [2.75, 3.05) is 13.7 Å². The summed E-state index contributed by atoms with van der Waals surface area (Å²) in [5.74, 6) is 0. The van der Waals surface area contributed by atoms with Gasteiger partial charge in [0.2, 0.25) is 0 Å². The molecule has 100 valence electrons. The first-order valence-electron chi connectivity index (χ1n) is 5.45. The summed E-state index contributed by atoms with van der Waals surface area (Å²) in [4.78, 5) is 11.4. The summed E-state index contributed by atoms with van der Waals surface area (Å²) < 4.78 is 9.67. The molecule has 0 fully saturated rings. The Morgan fingerprint density at radius 1 is 1.33 bits per heavy atom. The molecular weight excluding hydrogens is 238 g/mol. The van der Waals surface area contributed by atoms with Crippen molar-refractivity contribution in [3.63, 3.8) is 0 Å². The molecule has 0 aromatic heterocycles. The first-order valence-corrected chi connectivity index (χ1v) is 5.45. The minimum atomic E-state index is -1.70. The maximum absolute atomic E-state index is 11.4. The number of rotatable bonds is 6. The van der Waals surface area contributed by atoms with Crippen molar-refractivity contribution in [1.82, 2.24) is 5.32 Å². The predicted molar refractivity (Wildman–Crippen MR) is 63.7 cm³/mol. The first kappa shape index (κ1) is 14.4. The molecule has 0 aliphatic carbocycles. The second kappa shape index (κ2) is 7.65. The molecule has 0 saturated heterocycles. The van der Waals surface area contributed by atoms with E-state index in [4.69, 9.17) is 19.7 Å². The van der Waals surface area contributed by atoms with Crippen LogP contribution in [-0.2, 0) is 16.1 Å². The van der Waals surface area contributed by atoms with E-state index < -0.39 is 18.4 Å². The Morgan fingerprint density at radius 3 is 2.56 bits per heavy atom. The second-order valence-corrected chi connectivity index (χ2v) is 3.68. The van der Waals surface area contributed by atoms with Crippen molar-refractivity contribution in [2.45, 2.75) is 18.9 Å². The van der Waals surface area contributed by atoms with Gasteiger partial charge >= 0.3 is 6.09 Å². The van der Waals surface area contributed by atoms with Crippen molar-refractivity contribution in [3.8, 4) is 0 Å². The maximum Gasteiger partial charge on any atom is 0.407 e. The number of benzene rings is 1. The number of carbonyl (C=O) groups is 1. The van der Waals surface area contributed by atoms with Crippen molar-refractivity contribution in [3.05, 3.63) is 35.9 Å². The van der Waals surface area contributed by atoms with Crippen LogP contribution < -0.4 is 5.32 Å². The molecule has 1 amide bonds. The van der Waals surface area contributed by atoms with Gasteiger partial charge in [0.25, 0.3) is 0 Å². The number of amides is 1. The molecule has 0 aliphatic rings. The molecule has 0 unspecified atom stereocenters. The highest BCUT2D eigenvalue weighted by Crippen LogP contribution is 2.01. The van der Waals surface area contributed by atoms with Gasteiger partial charge in [-0.05, 0) is 5.56 Å². The topological polar surface area (TPSA) is 88.0 Å². The van der Waals surface area contributed by atoms with Crippen LogP contribution in [0.4, 0.5) is 4.79 Å². The Hall–Kier alpha value is -1.63. The molecule has 18 heavy (non-hydrogen) atoms. The zero-order valence-electron chi connectivity index (χ0n) is 10.1. The van der Waals surface area contributed by atoms with Crippen LogP contribution in [0.2, 0.25) is 0 Å². The third kappa shape index (κ3) is 5.13. The fourth-order valence-corrected chi connectivity index (χ4v) is 1.30. The number of nitrogens with one attached hydrogen (secondary N) is 1. The summed E-state index contributed by atoms with van der Waals surface area (Å²) >= 11 is 0. The summed E-state index contributed by atoms with van der Waals surface area (Å²) in [7, 11) is 1.40. The van der Waals surface area contributed by atoms with Crippen LogP contribution in [0.25, 0.3) is 0 Å². The summed E-state index contributed by atoms with van der Waals surface area (Å²) in [6, 6.07) is 8.25. The Balaban J connectivity index is 2.36. The van der Waals surface area contributed by atoms with Crippen LogP contribution in [0.1, 0.15) is 5.56 Å². The highest BCUT2D eigenvalue weighted by atomic mass is 16.6. The number of aliphatic hydroxyl groups excluding tert-OH is 1. The Kier molecular flexibility index (Phi) is 6.13. The van der Waals surface area contributed by atoms with Crippen LogP contribution >= 0.6 is 0 Å². The van der Waals surface area contributed by atoms with E-state index in [2.05, 4.69) is 5.32 Å². The third-order valence-corrected chi connectivity index (χ3v) is 2.22. The van der Waals surface area contributed by atoms with E-state index in [9.17, 15) is 4.79 Å². The number of hydrogen-bond donors (Lipinski definition) is 3. The summed E-state index contributed by atoms with van der Waals surface area (Å²) in [5, 5.41) is 20.3. The quantitative estimate of drug-likeness (QED) is 0.634. The van der Waals surface area contributed by atoms with Gasteiger partial charge in [0.05, 0.1) is 6.61 Å². The van der Waals surface area contributed by atoms with Crippen LogP contribution in [0.3, 0.4) is 0 Å². The highest BCUT2D eigenvalue weighted by molar-refractivity contribution is 5.67. The number of carbonyl (C=O) groups excluding carboxylic acids is 1. The first-order chi connectivity index (χ1) is 8.63. The molecule has 0 spiro atoms. The van der Waals surface area contributed by atoms with Crippen molar-refractivity contribution in [1.29, 1.82) is 0 Å². The SMILES string of the molecule is COC[C@@H](NC(=O)OCc1ccccc1)C(O)O. The Morgan fingerprint density at radius 2 is 2.00 bits per heavy atom. The lowest BCUT2D eigenvalue weighted by Gasteiger charge is -2.19. The molecule has 0 bridgehead atoms. The zero-order valence-corrected chi connectivity index (χ0v) is 10.1. The molecule has 0 heterocycles. The summed E-state index contributed by atoms with van der Waals surface area (Å²) in [5.41, 5.74) is 0.848. The van der Waals surface area contributed by atoms with Gasteiger partial charge in [-0.3, -0.25) is 0 Å². The van der Waals surface area contributed by atoms with E-state index in [1.807, 2.05) is 30.3 Å².